The summed E-state index contributed by atoms with van der Waals surface area (Å²) < 4.78 is 39.0. The van der Waals surface area contributed by atoms with E-state index < -0.39 is 22.2 Å². The zero-order valence-electron chi connectivity index (χ0n) is 12.9. The second kappa shape index (κ2) is 6.71. The molecule has 0 atom stereocenters. The van der Waals surface area contributed by atoms with Gasteiger partial charge in [0, 0.05) is 23.1 Å². The van der Waals surface area contributed by atoms with E-state index in [0.717, 1.165) is 35.0 Å². The molecule has 0 saturated carbocycles. The summed E-state index contributed by atoms with van der Waals surface area (Å²) in [5.74, 6) is 0. The van der Waals surface area contributed by atoms with Gasteiger partial charge in [0.15, 0.2) is 0 Å². The van der Waals surface area contributed by atoms with Crippen LogP contribution in [0.5, 0.6) is 0 Å². The van der Waals surface area contributed by atoms with E-state index in [1.54, 1.807) is 5.38 Å². The van der Waals surface area contributed by atoms with E-state index in [-0.39, 0.29) is 12.2 Å². The molecule has 0 unspecified atom stereocenters. The van der Waals surface area contributed by atoms with Gasteiger partial charge < -0.3 is 4.57 Å². The minimum atomic E-state index is -4.41. The summed E-state index contributed by atoms with van der Waals surface area (Å²) in [6.07, 6.45) is -3.28. The van der Waals surface area contributed by atoms with Crippen LogP contribution >= 0.6 is 11.3 Å². The molecule has 0 aliphatic rings. The fraction of sp³-hybridized carbons (Fsp3) is 0.125. The standard InChI is InChI=1S/C16H10F3N3O3S/c17-16(18,19)11-3-1-10(2-4-11)15-20-12(9-26-15)7-21-8-13(22(24)25)5-6-14(21)23/h1-6,8-9H,7H2. The number of nitro groups is 1. The third kappa shape index (κ3) is 3.80. The Labute approximate surface area is 148 Å². The second-order valence-electron chi connectivity index (χ2n) is 5.33. The highest BCUT2D eigenvalue weighted by Gasteiger charge is 2.30. The van der Waals surface area contributed by atoms with Gasteiger partial charge in [0.2, 0.25) is 0 Å². The summed E-state index contributed by atoms with van der Waals surface area (Å²) in [6, 6.07) is 6.81. The lowest BCUT2D eigenvalue weighted by Crippen LogP contribution is -2.19. The van der Waals surface area contributed by atoms with Crippen molar-refractivity contribution in [1.29, 1.82) is 0 Å². The van der Waals surface area contributed by atoms with Gasteiger partial charge in [-0.2, -0.15) is 13.2 Å². The van der Waals surface area contributed by atoms with Crippen molar-refractivity contribution in [2.75, 3.05) is 0 Å². The Morgan fingerprint density at radius 3 is 2.46 bits per heavy atom. The second-order valence-corrected chi connectivity index (χ2v) is 6.19. The molecule has 0 fully saturated rings. The Balaban J connectivity index is 1.84. The quantitative estimate of drug-likeness (QED) is 0.506. The third-order valence-electron chi connectivity index (χ3n) is 3.52. The number of pyridine rings is 1. The molecule has 0 bridgehead atoms. The van der Waals surface area contributed by atoms with Gasteiger partial charge in [-0.3, -0.25) is 14.9 Å². The number of hydrogen-bond acceptors (Lipinski definition) is 5. The smallest absolute Gasteiger partial charge is 0.303 e. The lowest BCUT2D eigenvalue weighted by molar-refractivity contribution is -0.385. The Bertz CT molecular complexity index is 1010. The van der Waals surface area contributed by atoms with Crippen LogP contribution in [0.1, 0.15) is 11.3 Å². The van der Waals surface area contributed by atoms with Crippen LogP contribution < -0.4 is 5.56 Å². The van der Waals surface area contributed by atoms with Crippen molar-refractivity contribution in [3.63, 3.8) is 0 Å². The van der Waals surface area contributed by atoms with E-state index in [1.165, 1.54) is 23.5 Å². The van der Waals surface area contributed by atoms with Crippen LogP contribution in [-0.2, 0) is 12.7 Å². The lowest BCUT2D eigenvalue weighted by atomic mass is 10.1. The summed E-state index contributed by atoms with van der Waals surface area (Å²) in [5.41, 5.74) is -0.392. The molecule has 2 aromatic heterocycles. The Hall–Kier alpha value is -3.01. The monoisotopic (exact) mass is 381 g/mol. The molecule has 0 amide bonds. The Morgan fingerprint density at radius 2 is 1.85 bits per heavy atom. The highest BCUT2D eigenvalue weighted by molar-refractivity contribution is 7.13. The molecule has 0 N–H and O–H groups in total. The number of nitrogens with zero attached hydrogens (tertiary/aromatic N) is 3. The van der Waals surface area contributed by atoms with E-state index >= 15 is 0 Å². The van der Waals surface area contributed by atoms with Crippen LogP contribution in [0.4, 0.5) is 18.9 Å². The average molecular weight is 381 g/mol. The first-order valence-electron chi connectivity index (χ1n) is 7.21. The molecule has 134 valence electrons. The van der Waals surface area contributed by atoms with Crippen molar-refractivity contribution in [3.05, 3.63) is 79.7 Å². The molecule has 3 rings (SSSR count). The van der Waals surface area contributed by atoms with Crippen molar-refractivity contribution in [3.8, 4) is 10.6 Å². The van der Waals surface area contributed by atoms with Crippen molar-refractivity contribution in [2.24, 2.45) is 0 Å². The van der Waals surface area contributed by atoms with Gasteiger partial charge in [-0.25, -0.2) is 4.98 Å². The maximum atomic E-state index is 12.6. The fourth-order valence-electron chi connectivity index (χ4n) is 2.24. The predicted molar refractivity (Wildman–Crippen MR) is 89.0 cm³/mol. The van der Waals surface area contributed by atoms with Crippen LogP contribution in [0.3, 0.4) is 0 Å². The summed E-state index contributed by atoms with van der Waals surface area (Å²) in [4.78, 5) is 26.3. The summed E-state index contributed by atoms with van der Waals surface area (Å²) in [7, 11) is 0. The van der Waals surface area contributed by atoms with Gasteiger partial charge >= 0.3 is 6.18 Å². The van der Waals surface area contributed by atoms with Gasteiger partial charge in [0.1, 0.15) is 5.01 Å². The maximum Gasteiger partial charge on any atom is 0.416 e. The van der Waals surface area contributed by atoms with Crippen LogP contribution in [0.2, 0.25) is 0 Å². The van der Waals surface area contributed by atoms with Crippen LogP contribution in [0.25, 0.3) is 10.6 Å². The average Bonchev–Trinajstić information content (AvgIpc) is 3.04. The molecule has 0 aliphatic heterocycles. The first-order chi connectivity index (χ1) is 12.2. The molecule has 6 nitrogen and oxygen atoms in total. The van der Waals surface area contributed by atoms with E-state index in [4.69, 9.17) is 0 Å². The van der Waals surface area contributed by atoms with E-state index in [2.05, 4.69) is 4.98 Å². The van der Waals surface area contributed by atoms with Crippen LogP contribution in [-0.4, -0.2) is 14.5 Å². The van der Waals surface area contributed by atoms with Gasteiger partial charge in [-0.05, 0) is 12.1 Å². The molecule has 3 aromatic rings. The highest BCUT2D eigenvalue weighted by atomic mass is 32.1. The first-order valence-corrected chi connectivity index (χ1v) is 8.09. The largest absolute Gasteiger partial charge is 0.416 e. The Morgan fingerprint density at radius 1 is 1.15 bits per heavy atom. The zero-order valence-corrected chi connectivity index (χ0v) is 13.8. The fourth-order valence-corrected chi connectivity index (χ4v) is 3.06. The van der Waals surface area contributed by atoms with Gasteiger partial charge in [0.05, 0.1) is 28.9 Å². The van der Waals surface area contributed by atoms with E-state index in [9.17, 15) is 28.1 Å². The lowest BCUT2D eigenvalue weighted by Gasteiger charge is -2.06. The number of rotatable bonds is 4. The summed E-state index contributed by atoms with van der Waals surface area (Å²) in [6.45, 7) is 0.0254. The zero-order chi connectivity index (χ0) is 18.9. The van der Waals surface area contributed by atoms with Crippen molar-refractivity contribution in [1.82, 2.24) is 9.55 Å². The van der Waals surface area contributed by atoms with Crippen molar-refractivity contribution < 1.29 is 18.1 Å². The molecule has 10 heteroatoms. The minimum absolute atomic E-state index is 0.0254. The molecule has 0 saturated heterocycles. The molecule has 0 aliphatic carbocycles. The number of thiazole rings is 1. The molecule has 26 heavy (non-hydrogen) atoms. The van der Waals surface area contributed by atoms with Gasteiger partial charge in [-0.15, -0.1) is 11.3 Å². The molecule has 1 aromatic carbocycles. The van der Waals surface area contributed by atoms with E-state index in [0.29, 0.717) is 16.3 Å². The first kappa shape index (κ1) is 17.8. The normalized spacial score (nSPS) is 11.5. The molecular weight excluding hydrogens is 371 g/mol. The third-order valence-corrected chi connectivity index (χ3v) is 4.46. The van der Waals surface area contributed by atoms with Crippen molar-refractivity contribution in [2.45, 2.75) is 12.7 Å². The number of aromatic nitrogens is 2. The van der Waals surface area contributed by atoms with Crippen molar-refractivity contribution >= 4 is 17.0 Å². The predicted octanol–water partition coefficient (Wildman–Crippen LogP) is 3.95. The number of alkyl halides is 3. The summed E-state index contributed by atoms with van der Waals surface area (Å²) in [5, 5.41) is 12.9. The summed E-state index contributed by atoms with van der Waals surface area (Å²) >= 11 is 1.21. The van der Waals surface area contributed by atoms with Gasteiger partial charge in [0.25, 0.3) is 11.2 Å². The Kier molecular flexibility index (Phi) is 4.60. The molecule has 0 spiro atoms. The van der Waals surface area contributed by atoms with E-state index in [1.807, 2.05) is 0 Å². The number of hydrogen-bond donors (Lipinski definition) is 0. The SMILES string of the molecule is O=c1ccc([N+](=O)[O-])cn1Cc1csc(-c2ccc(C(F)(F)F)cc2)n1. The maximum absolute atomic E-state index is 12.6. The topological polar surface area (TPSA) is 78.0 Å². The van der Waals surface area contributed by atoms with Crippen LogP contribution in [0.15, 0.2) is 52.8 Å². The minimum Gasteiger partial charge on any atom is -0.303 e. The molecule has 0 radical (unpaired) electrons. The number of benzene rings is 1. The van der Waals surface area contributed by atoms with Gasteiger partial charge in [-0.1, -0.05) is 12.1 Å². The molecular formula is C16H10F3N3O3S. The highest BCUT2D eigenvalue weighted by Crippen LogP contribution is 2.31. The molecule has 2 heterocycles. The van der Waals surface area contributed by atoms with Crippen LogP contribution in [0, 0.1) is 10.1 Å². The number of halogens is 3.